The number of ether oxygens (including phenoxy) is 4. The van der Waals surface area contributed by atoms with Crippen molar-refractivity contribution in [3.05, 3.63) is 23.8 Å². The Hall–Kier alpha value is -2.94. The molecule has 0 aliphatic carbocycles. The molecule has 0 fully saturated rings. The highest BCUT2D eigenvalue weighted by Gasteiger charge is 2.28. The zero-order valence-corrected chi connectivity index (χ0v) is 23.6. The number of hydrogen-bond donors (Lipinski definition) is 1. The van der Waals surface area contributed by atoms with Gasteiger partial charge in [-0.3, -0.25) is 19.2 Å². The van der Waals surface area contributed by atoms with Crippen molar-refractivity contribution in [3.63, 3.8) is 0 Å². The Bertz CT molecular complexity index is 956. The molecule has 37 heavy (non-hydrogen) atoms. The first-order valence-electron chi connectivity index (χ1n) is 12.6. The molecule has 0 spiro atoms. The summed E-state index contributed by atoms with van der Waals surface area (Å²) in [6.45, 7) is 15.8. The summed E-state index contributed by atoms with van der Waals surface area (Å²) in [4.78, 5) is 49.2. The molecule has 2 atom stereocenters. The minimum Gasteiger partial charge on any atom is -0.461 e. The molecule has 0 aliphatic rings. The molecule has 208 valence electrons. The predicted octanol–water partition coefficient (Wildman–Crippen LogP) is 4.37. The molecule has 1 aromatic carbocycles. The first-order valence-corrected chi connectivity index (χ1v) is 12.6. The van der Waals surface area contributed by atoms with Gasteiger partial charge < -0.3 is 24.7 Å². The molecule has 9 nitrogen and oxygen atoms in total. The van der Waals surface area contributed by atoms with Crippen molar-refractivity contribution in [2.24, 2.45) is 22.5 Å². The second kappa shape index (κ2) is 13.6. The molecule has 0 saturated heterocycles. The van der Waals surface area contributed by atoms with Crippen molar-refractivity contribution in [2.75, 3.05) is 6.61 Å². The van der Waals surface area contributed by atoms with Gasteiger partial charge in [-0.15, -0.1) is 0 Å². The molecule has 0 aliphatic heterocycles. The number of nitrogens with two attached hydrogens (primary N) is 1. The van der Waals surface area contributed by atoms with Crippen LogP contribution in [-0.4, -0.2) is 42.6 Å². The monoisotopic (exact) mass is 521 g/mol. The number of esters is 4. The highest BCUT2D eigenvalue weighted by Crippen LogP contribution is 2.33. The van der Waals surface area contributed by atoms with Crippen molar-refractivity contribution < 1.29 is 38.1 Å². The van der Waals surface area contributed by atoms with Crippen LogP contribution in [0.3, 0.4) is 0 Å². The van der Waals surface area contributed by atoms with Crippen LogP contribution < -0.4 is 15.2 Å². The highest BCUT2D eigenvalue weighted by molar-refractivity contribution is 5.81. The molecule has 0 radical (unpaired) electrons. The molecule has 0 unspecified atom stereocenters. The number of benzene rings is 1. The van der Waals surface area contributed by atoms with Crippen molar-refractivity contribution in [1.82, 2.24) is 0 Å². The summed E-state index contributed by atoms with van der Waals surface area (Å²) in [5.74, 6) is -1.49. The van der Waals surface area contributed by atoms with Crippen LogP contribution in [0.2, 0.25) is 0 Å². The predicted molar refractivity (Wildman–Crippen MR) is 139 cm³/mol. The number of carbonyl (C=O) groups excluding carboxylic acids is 4. The van der Waals surface area contributed by atoms with Gasteiger partial charge in [0, 0.05) is 6.42 Å². The van der Waals surface area contributed by atoms with E-state index in [4.69, 9.17) is 24.7 Å². The first kappa shape index (κ1) is 32.1. The Balaban J connectivity index is 2.87. The van der Waals surface area contributed by atoms with Crippen molar-refractivity contribution >= 4 is 23.9 Å². The lowest BCUT2D eigenvalue weighted by Gasteiger charge is -2.21. The van der Waals surface area contributed by atoms with E-state index < -0.39 is 40.9 Å². The van der Waals surface area contributed by atoms with Gasteiger partial charge in [0.15, 0.2) is 11.5 Å². The van der Waals surface area contributed by atoms with E-state index in [0.717, 1.165) is 6.42 Å². The fraction of sp³-hybridized carbons (Fsp3) is 0.643. The fourth-order valence-corrected chi connectivity index (χ4v) is 2.72. The van der Waals surface area contributed by atoms with E-state index in [1.165, 1.54) is 12.1 Å². The molecule has 9 heteroatoms. The maximum Gasteiger partial charge on any atom is 0.323 e. The third-order valence-electron chi connectivity index (χ3n) is 5.12. The summed E-state index contributed by atoms with van der Waals surface area (Å²) in [5.41, 5.74) is 5.05. The van der Waals surface area contributed by atoms with Gasteiger partial charge in [0.2, 0.25) is 0 Å². The van der Waals surface area contributed by atoms with Gasteiger partial charge in [-0.2, -0.15) is 0 Å². The normalized spacial score (nSPS) is 13.5. The minimum atomic E-state index is -1.02. The van der Waals surface area contributed by atoms with E-state index in [1.54, 1.807) is 54.5 Å². The zero-order chi connectivity index (χ0) is 28.6. The molecule has 2 N–H and O–H groups in total. The van der Waals surface area contributed by atoms with Crippen LogP contribution in [0.5, 0.6) is 11.5 Å². The van der Waals surface area contributed by atoms with E-state index in [9.17, 15) is 19.2 Å². The van der Waals surface area contributed by atoms with Gasteiger partial charge >= 0.3 is 23.9 Å². The molecule has 1 rings (SSSR count). The van der Waals surface area contributed by atoms with Crippen molar-refractivity contribution in [2.45, 2.75) is 93.7 Å². The summed E-state index contributed by atoms with van der Waals surface area (Å²) in [7, 11) is 0. The lowest BCUT2D eigenvalue weighted by atomic mass is 9.97. The van der Waals surface area contributed by atoms with Crippen molar-refractivity contribution in [3.8, 4) is 11.5 Å². The highest BCUT2D eigenvalue weighted by atomic mass is 16.6. The molecule has 0 bridgehead atoms. The van der Waals surface area contributed by atoms with E-state index in [1.807, 2.05) is 13.8 Å². The van der Waals surface area contributed by atoms with Crippen LogP contribution in [0, 0.1) is 16.7 Å². The molecule has 0 saturated carbocycles. The van der Waals surface area contributed by atoms with Gasteiger partial charge in [-0.1, -0.05) is 19.9 Å². The van der Waals surface area contributed by atoms with E-state index >= 15 is 0 Å². The lowest BCUT2D eigenvalue weighted by molar-refractivity contribution is -0.158. The second-order valence-corrected chi connectivity index (χ2v) is 11.7. The van der Waals surface area contributed by atoms with Gasteiger partial charge in [0.25, 0.3) is 0 Å². The van der Waals surface area contributed by atoms with Crippen LogP contribution in [-0.2, 0) is 35.1 Å². The summed E-state index contributed by atoms with van der Waals surface area (Å²) in [6.07, 6.45) is 0.501. The van der Waals surface area contributed by atoms with Crippen LogP contribution >= 0.6 is 0 Å². The summed E-state index contributed by atoms with van der Waals surface area (Å²) >= 11 is 0. The molecule has 1 aromatic rings. The molecular weight excluding hydrogens is 478 g/mol. The molecule has 0 aromatic heterocycles. The van der Waals surface area contributed by atoms with Crippen molar-refractivity contribution in [1.29, 1.82) is 0 Å². The van der Waals surface area contributed by atoms with Crippen LogP contribution in [0.25, 0.3) is 0 Å². The minimum absolute atomic E-state index is 0.0533. The summed E-state index contributed by atoms with van der Waals surface area (Å²) in [6, 6.07) is 3.63. The van der Waals surface area contributed by atoms with Crippen LogP contribution in [0.15, 0.2) is 18.2 Å². The van der Waals surface area contributed by atoms with Gasteiger partial charge in [-0.25, -0.2) is 0 Å². The average Bonchev–Trinajstić information content (AvgIpc) is 2.76. The standard InChI is InChI=1S/C28H43NO8/c1-17(2)10-13-23(30)35-18(3)16-34-24(31)20(29)14-19-11-12-21(36-25(32)27(4,5)6)22(15-19)37-26(33)28(7,8)9/h11-12,15,17-18,20H,10,13-14,16,29H2,1-9H3/t18-,20-/m0/s1. The van der Waals surface area contributed by atoms with E-state index in [2.05, 4.69) is 0 Å². The van der Waals surface area contributed by atoms with Crippen LogP contribution in [0.1, 0.15) is 80.7 Å². The SMILES string of the molecule is CC(C)CCC(=O)O[C@@H](C)COC(=O)[C@@H](N)Cc1ccc(OC(=O)C(C)(C)C)c(OC(=O)C(C)(C)C)c1. The topological polar surface area (TPSA) is 131 Å². The fourth-order valence-electron chi connectivity index (χ4n) is 2.72. The Morgan fingerprint density at radius 3 is 1.92 bits per heavy atom. The van der Waals surface area contributed by atoms with Gasteiger partial charge in [0.05, 0.1) is 10.8 Å². The average molecular weight is 522 g/mol. The van der Waals surface area contributed by atoms with Gasteiger partial charge in [-0.05, 0) is 84.9 Å². The third-order valence-corrected chi connectivity index (χ3v) is 5.12. The summed E-state index contributed by atoms with van der Waals surface area (Å²) in [5, 5.41) is 0. The summed E-state index contributed by atoms with van der Waals surface area (Å²) < 4.78 is 21.5. The first-order chi connectivity index (χ1) is 16.9. The third kappa shape index (κ3) is 11.8. The molecular formula is C28H43NO8. The quantitative estimate of drug-likeness (QED) is 0.333. The smallest absolute Gasteiger partial charge is 0.323 e. The Labute approximate surface area is 220 Å². The number of rotatable bonds is 11. The number of carbonyl (C=O) groups is 4. The Morgan fingerprint density at radius 2 is 1.41 bits per heavy atom. The van der Waals surface area contributed by atoms with E-state index in [-0.39, 0.29) is 30.5 Å². The number of hydrogen-bond acceptors (Lipinski definition) is 9. The lowest BCUT2D eigenvalue weighted by Crippen LogP contribution is -2.36. The maximum atomic E-state index is 12.5. The maximum absolute atomic E-state index is 12.5. The second-order valence-electron chi connectivity index (χ2n) is 11.7. The van der Waals surface area contributed by atoms with Gasteiger partial charge in [0.1, 0.15) is 18.8 Å². The molecule has 0 amide bonds. The largest absolute Gasteiger partial charge is 0.461 e. The molecule has 0 heterocycles. The zero-order valence-electron chi connectivity index (χ0n) is 23.6. The van der Waals surface area contributed by atoms with Crippen LogP contribution in [0.4, 0.5) is 0 Å². The Morgan fingerprint density at radius 1 is 0.865 bits per heavy atom. The van der Waals surface area contributed by atoms with E-state index in [0.29, 0.717) is 17.9 Å². The Kier molecular flexibility index (Phi) is 11.8.